The third-order valence-electron chi connectivity index (χ3n) is 3.86. The van der Waals surface area contributed by atoms with Gasteiger partial charge in [-0.25, -0.2) is 27.2 Å². The molecular weight excluding hydrogens is 366 g/mol. The molecule has 1 atom stereocenters. The highest BCUT2D eigenvalue weighted by molar-refractivity contribution is 7.89. The van der Waals surface area contributed by atoms with Crippen molar-refractivity contribution in [1.82, 2.24) is 14.3 Å². The van der Waals surface area contributed by atoms with Gasteiger partial charge in [0.1, 0.15) is 23.8 Å². The van der Waals surface area contributed by atoms with Crippen LogP contribution in [-0.2, 0) is 10.0 Å². The van der Waals surface area contributed by atoms with Gasteiger partial charge in [-0.15, -0.1) is 0 Å². The molecule has 1 fully saturated rings. The summed E-state index contributed by atoms with van der Waals surface area (Å²) in [6.45, 7) is 0.174. The topological polar surface area (TPSA) is 96.2 Å². The smallest absolute Gasteiger partial charge is 0.251 e. The van der Waals surface area contributed by atoms with Crippen LogP contribution in [0.1, 0.15) is 18.5 Å². The SMILES string of the molecule is N#Cc1nccnc1O[C@@H]1CCCN(S(=O)(=O)c2cc(F)cc(F)c2)C1. The molecule has 7 nitrogen and oxygen atoms in total. The van der Waals surface area contributed by atoms with Crippen molar-refractivity contribution in [3.05, 3.63) is 47.9 Å². The van der Waals surface area contributed by atoms with Crippen molar-refractivity contribution in [1.29, 1.82) is 5.26 Å². The molecule has 0 unspecified atom stereocenters. The van der Waals surface area contributed by atoms with Crippen molar-refractivity contribution in [3.8, 4) is 11.9 Å². The monoisotopic (exact) mass is 380 g/mol. The Labute approximate surface area is 148 Å². The van der Waals surface area contributed by atoms with E-state index in [1.807, 2.05) is 6.07 Å². The van der Waals surface area contributed by atoms with Crippen molar-refractivity contribution >= 4 is 10.0 Å². The third kappa shape index (κ3) is 3.79. The van der Waals surface area contributed by atoms with E-state index < -0.39 is 32.7 Å². The Hall–Kier alpha value is -2.64. The summed E-state index contributed by atoms with van der Waals surface area (Å²) >= 11 is 0. The van der Waals surface area contributed by atoms with Crippen LogP contribution in [0.15, 0.2) is 35.5 Å². The summed E-state index contributed by atoms with van der Waals surface area (Å²) in [7, 11) is -4.08. The number of nitriles is 1. The molecule has 2 heterocycles. The van der Waals surface area contributed by atoms with E-state index in [2.05, 4.69) is 9.97 Å². The first-order chi connectivity index (χ1) is 12.4. The molecule has 26 heavy (non-hydrogen) atoms. The summed E-state index contributed by atoms with van der Waals surface area (Å²) in [4.78, 5) is 7.32. The van der Waals surface area contributed by atoms with E-state index in [0.29, 0.717) is 18.9 Å². The van der Waals surface area contributed by atoms with E-state index in [9.17, 15) is 17.2 Å². The minimum atomic E-state index is -4.08. The first-order valence-corrected chi connectivity index (χ1v) is 9.18. The van der Waals surface area contributed by atoms with Gasteiger partial charge in [-0.05, 0) is 25.0 Å². The van der Waals surface area contributed by atoms with Gasteiger partial charge in [0.2, 0.25) is 15.7 Å². The highest BCUT2D eigenvalue weighted by atomic mass is 32.2. The first-order valence-electron chi connectivity index (χ1n) is 7.74. The normalized spacial score (nSPS) is 18.3. The molecule has 0 aliphatic carbocycles. The molecule has 1 saturated heterocycles. The quantitative estimate of drug-likeness (QED) is 0.803. The number of sulfonamides is 1. The average molecular weight is 380 g/mol. The maximum atomic E-state index is 13.4. The lowest BCUT2D eigenvalue weighted by Crippen LogP contribution is -2.44. The van der Waals surface area contributed by atoms with E-state index >= 15 is 0 Å². The van der Waals surface area contributed by atoms with Gasteiger partial charge >= 0.3 is 0 Å². The Kier molecular flexibility index (Phi) is 5.11. The Morgan fingerprint density at radius 1 is 1.19 bits per heavy atom. The largest absolute Gasteiger partial charge is 0.471 e. The van der Waals surface area contributed by atoms with Crippen LogP contribution in [-0.4, -0.2) is 41.9 Å². The molecule has 3 rings (SSSR count). The average Bonchev–Trinajstić information content (AvgIpc) is 2.61. The number of halogens is 2. The van der Waals surface area contributed by atoms with Crippen LogP contribution in [0.4, 0.5) is 8.78 Å². The van der Waals surface area contributed by atoms with E-state index in [1.54, 1.807) is 0 Å². The van der Waals surface area contributed by atoms with Gasteiger partial charge in [-0.1, -0.05) is 0 Å². The Morgan fingerprint density at radius 2 is 1.88 bits per heavy atom. The molecule has 136 valence electrons. The van der Waals surface area contributed by atoms with Crippen molar-refractivity contribution in [2.75, 3.05) is 13.1 Å². The minimum Gasteiger partial charge on any atom is -0.471 e. The third-order valence-corrected chi connectivity index (χ3v) is 5.71. The molecule has 0 saturated carbocycles. The fourth-order valence-corrected chi connectivity index (χ4v) is 4.25. The van der Waals surface area contributed by atoms with Crippen LogP contribution in [0.5, 0.6) is 5.88 Å². The molecule has 0 amide bonds. The van der Waals surface area contributed by atoms with Crippen LogP contribution in [0.3, 0.4) is 0 Å². The summed E-state index contributed by atoms with van der Waals surface area (Å²) in [5.41, 5.74) is -0.000294. The van der Waals surface area contributed by atoms with Gasteiger partial charge < -0.3 is 4.74 Å². The molecule has 1 aliphatic rings. The number of benzene rings is 1. The predicted octanol–water partition coefficient (Wildman–Crippen LogP) is 1.86. The van der Waals surface area contributed by atoms with Crippen LogP contribution < -0.4 is 4.74 Å². The van der Waals surface area contributed by atoms with E-state index in [4.69, 9.17) is 10.00 Å². The Balaban J connectivity index is 1.80. The zero-order valence-electron chi connectivity index (χ0n) is 13.5. The summed E-state index contributed by atoms with van der Waals surface area (Å²) in [5, 5.41) is 9.02. The first kappa shape index (κ1) is 18.2. The fraction of sp³-hybridized carbons (Fsp3) is 0.312. The number of hydrogen-bond donors (Lipinski definition) is 0. The molecule has 1 aliphatic heterocycles. The second-order valence-corrected chi connectivity index (χ2v) is 7.61. The van der Waals surface area contributed by atoms with E-state index in [0.717, 1.165) is 16.4 Å². The van der Waals surface area contributed by atoms with Gasteiger partial charge in [-0.2, -0.15) is 9.57 Å². The molecule has 0 bridgehead atoms. The Bertz CT molecular complexity index is 942. The molecule has 2 aromatic rings. The summed E-state index contributed by atoms with van der Waals surface area (Å²) in [5.74, 6) is -1.91. The minimum absolute atomic E-state index is 0.000294. The van der Waals surface area contributed by atoms with Crippen molar-refractivity contribution in [2.24, 2.45) is 0 Å². The zero-order valence-corrected chi connectivity index (χ0v) is 14.3. The maximum absolute atomic E-state index is 13.4. The van der Waals surface area contributed by atoms with Gasteiger partial charge in [0.05, 0.1) is 11.4 Å². The lowest BCUT2D eigenvalue weighted by Gasteiger charge is -2.31. The van der Waals surface area contributed by atoms with Crippen molar-refractivity contribution < 1.29 is 21.9 Å². The maximum Gasteiger partial charge on any atom is 0.251 e. The number of aromatic nitrogens is 2. The van der Waals surface area contributed by atoms with Crippen molar-refractivity contribution in [3.63, 3.8) is 0 Å². The highest BCUT2D eigenvalue weighted by Gasteiger charge is 2.32. The number of hydrogen-bond acceptors (Lipinski definition) is 6. The number of nitrogens with zero attached hydrogens (tertiary/aromatic N) is 4. The standard InChI is InChI=1S/C16H14F2N4O3S/c17-11-6-12(18)8-14(7-11)26(23,24)22-5-1-2-13(10-22)25-16-15(9-19)20-3-4-21-16/h3-4,6-8,13H,1-2,5,10H2/t13-/m1/s1. The lowest BCUT2D eigenvalue weighted by atomic mass is 10.1. The number of rotatable bonds is 4. The second-order valence-electron chi connectivity index (χ2n) is 5.67. The number of ether oxygens (including phenoxy) is 1. The predicted molar refractivity (Wildman–Crippen MR) is 85.5 cm³/mol. The molecule has 1 aromatic carbocycles. The second kappa shape index (κ2) is 7.31. The van der Waals surface area contributed by atoms with Gasteiger partial charge in [0.25, 0.3) is 5.88 Å². The molecule has 0 spiro atoms. The summed E-state index contributed by atoms with van der Waals surface area (Å²) in [6.07, 6.45) is 3.19. The van der Waals surface area contributed by atoms with Crippen LogP contribution in [0.25, 0.3) is 0 Å². The van der Waals surface area contributed by atoms with Crippen LogP contribution >= 0.6 is 0 Å². The molecule has 0 radical (unpaired) electrons. The summed E-state index contributed by atoms with van der Waals surface area (Å²) in [6, 6.07) is 4.02. The van der Waals surface area contributed by atoms with Crippen molar-refractivity contribution in [2.45, 2.75) is 23.8 Å². The van der Waals surface area contributed by atoms with E-state index in [1.165, 1.54) is 12.4 Å². The molecular formula is C16H14F2N4O3S. The number of piperidine rings is 1. The Morgan fingerprint density at radius 3 is 2.58 bits per heavy atom. The lowest BCUT2D eigenvalue weighted by molar-refractivity contribution is 0.124. The zero-order chi connectivity index (χ0) is 18.7. The van der Waals surface area contributed by atoms with Crippen LogP contribution in [0.2, 0.25) is 0 Å². The van der Waals surface area contributed by atoms with Crippen LogP contribution in [0, 0.1) is 23.0 Å². The molecule has 1 aromatic heterocycles. The van der Waals surface area contributed by atoms with Gasteiger partial charge in [0, 0.05) is 25.0 Å². The van der Waals surface area contributed by atoms with Gasteiger partial charge in [0.15, 0.2) is 0 Å². The fourth-order valence-electron chi connectivity index (χ4n) is 2.69. The van der Waals surface area contributed by atoms with Gasteiger partial charge in [-0.3, -0.25) is 0 Å². The highest BCUT2D eigenvalue weighted by Crippen LogP contribution is 2.24. The summed E-state index contributed by atoms with van der Waals surface area (Å²) < 4.78 is 58.8. The van der Waals surface area contributed by atoms with E-state index in [-0.39, 0.29) is 24.7 Å². The molecule has 10 heteroatoms. The molecule has 0 N–H and O–H groups in total.